The molecule has 0 fully saturated rings. The van der Waals surface area contributed by atoms with E-state index in [-0.39, 0.29) is 11.8 Å². The zero-order chi connectivity index (χ0) is 12.3. The molecule has 1 heterocycles. The summed E-state index contributed by atoms with van der Waals surface area (Å²) in [5, 5.41) is 0.868. The van der Waals surface area contributed by atoms with Crippen LogP contribution in [0.5, 0.6) is 0 Å². The van der Waals surface area contributed by atoms with E-state index in [9.17, 15) is 9.18 Å². The van der Waals surface area contributed by atoms with Crippen molar-refractivity contribution in [2.75, 3.05) is 6.61 Å². The normalized spacial score (nSPS) is 11.2. The molecule has 0 unspecified atom stereocenters. The molecule has 0 aliphatic carbocycles. The fraction of sp³-hybridized carbons (Fsp3) is 0.154. The molecule has 0 aliphatic heterocycles. The molecule has 2 rings (SSSR count). The minimum absolute atomic E-state index is 0.291. The molecule has 0 aliphatic rings. The maximum Gasteiger partial charge on any atom is 0.330 e. The topological polar surface area (TPSA) is 42.1 Å². The Labute approximate surface area is 97.9 Å². The van der Waals surface area contributed by atoms with Gasteiger partial charge in [-0.1, -0.05) is 0 Å². The van der Waals surface area contributed by atoms with Crippen LogP contribution in [0.1, 0.15) is 12.5 Å². The number of aromatic nitrogens is 1. The largest absolute Gasteiger partial charge is 0.463 e. The molecule has 0 saturated heterocycles. The van der Waals surface area contributed by atoms with Gasteiger partial charge in [-0.25, -0.2) is 9.18 Å². The van der Waals surface area contributed by atoms with Gasteiger partial charge in [-0.15, -0.1) is 0 Å². The first-order valence-corrected chi connectivity index (χ1v) is 5.32. The van der Waals surface area contributed by atoms with E-state index in [0.29, 0.717) is 12.1 Å². The molecular formula is C13H12FNO2. The maximum absolute atomic E-state index is 12.9. The number of H-pyrrole nitrogens is 1. The molecule has 1 aromatic carbocycles. The van der Waals surface area contributed by atoms with Gasteiger partial charge in [0.05, 0.1) is 6.61 Å². The number of carbonyl (C=O) groups is 1. The zero-order valence-electron chi connectivity index (χ0n) is 9.37. The van der Waals surface area contributed by atoms with Gasteiger partial charge in [0.15, 0.2) is 0 Å². The highest BCUT2D eigenvalue weighted by molar-refractivity contribution is 5.93. The van der Waals surface area contributed by atoms with Crippen molar-refractivity contribution in [2.24, 2.45) is 0 Å². The minimum atomic E-state index is -0.385. The predicted molar refractivity (Wildman–Crippen MR) is 63.9 cm³/mol. The van der Waals surface area contributed by atoms with E-state index in [4.69, 9.17) is 4.74 Å². The average Bonchev–Trinajstić information content (AvgIpc) is 2.69. The van der Waals surface area contributed by atoms with Crippen molar-refractivity contribution in [3.8, 4) is 0 Å². The Morgan fingerprint density at radius 3 is 3.12 bits per heavy atom. The molecule has 1 N–H and O–H groups in total. The molecule has 4 heteroatoms. The fourth-order valence-electron chi connectivity index (χ4n) is 1.61. The number of benzene rings is 1. The van der Waals surface area contributed by atoms with E-state index < -0.39 is 0 Å². The summed E-state index contributed by atoms with van der Waals surface area (Å²) in [7, 11) is 0. The lowest BCUT2D eigenvalue weighted by Crippen LogP contribution is -1.98. The van der Waals surface area contributed by atoms with E-state index in [1.165, 1.54) is 18.2 Å². The molecule has 0 spiro atoms. The highest BCUT2D eigenvalue weighted by Crippen LogP contribution is 2.20. The lowest BCUT2D eigenvalue weighted by Gasteiger charge is -1.94. The second-order valence-electron chi connectivity index (χ2n) is 3.52. The Bertz CT molecular complexity index is 572. The number of ether oxygens (including phenoxy) is 1. The molecule has 0 amide bonds. The summed E-state index contributed by atoms with van der Waals surface area (Å²) >= 11 is 0. The standard InChI is InChI=1S/C13H12FNO2/c1-2-17-13(16)6-3-9-8-15-12-7-10(14)4-5-11(9)12/h3-8,15H,2H2,1H3. The van der Waals surface area contributed by atoms with E-state index >= 15 is 0 Å². The second-order valence-corrected chi connectivity index (χ2v) is 3.52. The van der Waals surface area contributed by atoms with Crippen molar-refractivity contribution in [3.63, 3.8) is 0 Å². The number of halogens is 1. The van der Waals surface area contributed by atoms with Gasteiger partial charge in [0.25, 0.3) is 0 Å². The lowest BCUT2D eigenvalue weighted by molar-refractivity contribution is -0.137. The Balaban J connectivity index is 2.28. The van der Waals surface area contributed by atoms with Gasteiger partial charge >= 0.3 is 5.97 Å². The Kier molecular flexibility index (Phi) is 3.23. The van der Waals surface area contributed by atoms with Gasteiger partial charge in [0, 0.05) is 28.7 Å². The Morgan fingerprint density at radius 2 is 2.35 bits per heavy atom. The first-order chi connectivity index (χ1) is 8.20. The summed E-state index contributed by atoms with van der Waals surface area (Å²) in [6, 6.07) is 4.47. The average molecular weight is 233 g/mol. The SMILES string of the molecule is CCOC(=O)C=Cc1c[nH]c2cc(F)ccc12. The smallest absolute Gasteiger partial charge is 0.330 e. The number of hydrogen-bond acceptors (Lipinski definition) is 2. The van der Waals surface area contributed by atoms with Crippen molar-refractivity contribution in [1.82, 2.24) is 4.98 Å². The third kappa shape index (κ3) is 2.53. The molecule has 3 nitrogen and oxygen atoms in total. The quantitative estimate of drug-likeness (QED) is 0.654. The van der Waals surface area contributed by atoms with Gasteiger partial charge in [0.1, 0.15) is 5.82 Å². The van der Waals surface area contributed by atoms with Crippen LogP contribution in [0.25, 0.3) is 17.0 Å². The van der Waals surface area contributed by atoms with Crippen molar-refractivity contribution in [3.05, 3.63) is 41.9 Å². The van der Waals surface area contributed by atoms with E-state index in [2.05, 4.69) is 4.98 Å². The first kappa shape index (κ1) is 11.4. The number of rotatable bonds is 3. The third-order valence-electron chi connectivity index (χ3n) is 2.36. The van der Waals surface area contributed by atoms with Gasteiger partial charge in [-0.05, 0) is 31.2 Å². The highest BCUT2D eigenvalue weighted by atomic mass is 19.1. The first-order valence-electron chi connectivity index (χ1n) is 5.32. The summed E-state index contributed by atoms with van der Waals surface area (Å²) in [5.41, 5.74) is 1.53. The number of carbonyl (C=O) groups excluding carboxylic acids is 1. The highest BCUT2D eigenvalue weighted by Gasteiger charge is 2.02. The number of esters is 1. The zero-order valence-corrected chi connectivity index (χ0v) is 9.37. The summed E-state index contributed by atoms with van der Waals surface area (Å²) in [6.07, 6.45) is 4.73. The lowest BCUT2D eigenvalue weighted by atomic mass is 10.1. The van der Waals surface area contributed by atoms with Gasteiger partial charge < -0.3 is 9.72 Å². The Hall–Kier alpha value is -2.10. The predicted octanol–water partition coefficient (Wildman–Crippen LogP) is 2.88. The third-order valence-corrected chi connectivity index (χ3v) is 2.36. The summed E-state index contributed by atoms with van der Waals surface area (Å²) in [4.78, 5) is 14.1. The molecule has 0 radical (unpaired) electrons. The monoisotopic (exact) mass is 233 g/mol. The minimum Gasteiger partial charge on any atom is -0.463 e. The molecular weight excluding hydrogens is 221 g/mol. The molecule has 17 heavy (non-hydrogen) atoms. The van der Waals surface area contributed by atoms with Crippen molar-refractivity contribution in [2.45, 2.75) is 6.92 Å². The van der Waals surface area contributed by atoms with Crippen LogP contribution in [0, 0.1) is 5.82 Å². The van der Waals surface area contributed by atoms with Gasteiger partial charge in [-0.2, -0.15) is 0 Å². The van der Waals surface area contributed by atoms with Crippen LogP contribution in [0.2, 0.25) is 0 Å². The van der Waals surface area contributed by atoms with Crippen molar-refractivity contribution < 1.29 is 13.9 Å². The van der Waals surface area contributed by atoms with Gasteiger partial charge in [0.2, 0.25) is 0 Å². The fourth-order valence-corrected chi connectivity index (χ4v) is 1.61. The molecule has 0 saturated carbocycles. The second kappa shape index (κ2) is 4.82. The van der Waals surface area contributed by atoms with Crippen LogP contribution in [0.15, 0.2) is 30.5 Å². The summed E-state index contributed by atoms with van der Waals surface area (Å²) in [6.45, 7) is 2.10. The van der Waals surface area contributed by atoms with Crippen LogP contribution in [0.3, 0.4) is 0 Å². The van der Waals surface area contributed by atoms with Crippen molar-refractivity contribution >= 4 is 22.9 Å². The summed E-state index contributed by atoms with van der Waals surface area (Å²) < 4.78 is 17.7. The van der Waals surface area contributed by atoms with Crippen LogP contribution >= 0.6 is 0 Å². The molecule has 1 aromatic heterocycles. The number of aromatic amines is 1. The van der Waals surface area contributed by atoms with E-state index in [0.717, 1.165) is 10.9 Å². The molecule has 0 atom stereocenters. The number of fused-ring (bicyclic) bond motifs is 1. The van der Waals surface area contributed by atoms with Crippen LogP contribution < -0.4 is 0 Å². The molecule has 0 bridgehead atoms. The number of nitrogens with one attached hydrogen (secondary N) is 1. The molecule has 88 valence electrons. The maximum atomic E-state index is 12.9. The van der Waals surface area contributed by atoms with E-state index in [1.54, 1.807) is 25.3 Å². The van der Waals surface area contributed by atoms with Crippen LogP contribution in [-0.4, -0.2) is 17.6 Å². The van der Waals surface area contributed by atoms with Crippen LogP contribution in [0.4, 0.5) is 4.39 Å². The van der Waals surface area contributed by atoms with Gasteiger partial charge in [-0.3, -0.25) is 0 Å². The van der Waals surface area contributed by atoms with Crippen LogP contribution in [-0.2, 0) is 9.53 Å². The molecule has 2 aromatic rings. The number of hydrogen-bond donors (Lipinski definition) is 1. The van der Waals surface area contributed by atoms with Crippen molar-refractivity contribution in [1.29, 1.82) is 0 Å². The summed E-state index contributed by atoms with van der Waals surface area (Å²) in [5.74, 6) is -0.677. The van der Waals surface area contributed by atoms with E-state index in [1.807, 2.05) is 0 Å². The Morgan fingerprint density at radius 1 is 1.53 bits per heavy atom.